The van der Waals surface area contributed by atoms with Crippen LogP contribution in [0.5, 0.6) is 0 Å². The number of carbonyl (C=O) groups excluding carboxylic acids is 1. The summed E-state index contributed by atoms with van der Waals surface area (Å²) in [6, 6.07) is 9.00. The molecule has 0 spiro atoms. The molecule has 1 aliphatic rings. The van der Waals surface area contributed by atoms with Gasteiger partial charge < -0.3 is 19.9 Å². The Kier molecular flexibility index (Phi) is 5.74. The predicted octanol–water partition coefficient (Wildman–Crippen LogP) is 2.19. The van der Waals surface area contributed by atoms with Crippen LogP contribution < -0.4 is 5.32 Å². The number of carbonyl (C=O) groups is 2. The van der Waals surface area contributed by atoms with Gasteiger partial charge in [-0.1, -0.05) is 18.2 Å². The first-order chi connectivity index (χ1) is 10.9. The third-order valence-electron chi connectivity index (χ3n) is 3.62. The van der Waals surface area contributed by atoms with E-state index in [0.717, 1.165) is 0 Å². The van der Waals surface area contributed by atoms with Crippen LogP contribution in [0.15, 0.2) is 30.3 Å². The number of carboxylic acids is 1. The van der Waals surface area contributed by atoms with Gasteiger partial charge in [-0.2, -0.15) is 0 Å². The lowest BCUT2D eigenvalue weighted by Crippen LogP contribution is -2.46. The number of nitrogens with one attached hydrogen (secondary N) is 1. The lowest BCUT2D eigenvalue weighted by Gasteiger charge is -2.40. The van der Waals surface area contributed by atoms with Crippen LogP contribution in [-0.4, -0.2) is 41.5 Å². The number of amides is 1. The van der Waals surface area contributed by atoms with Crippen LogP contribution in [0.25, 0.3) is 0 Å². The summed E-state index contributed by atoms with van der Waals surface area (Å²) in [7, 11) is 0. The van der Waals surface area contributed by atoms with Crippen molar-refractivity contribution < 1.29 is 24.2 Å². The van der Waals surface area contributed by atoms with E-state index in [-0.39, 0.29) is 24.5 Å². The van der Waals surface area contributed by atoms with Crippen molar-refractivity contribution in [1.29, 1.82) is 0 Å². The zero-order chi connectivity index (χ0) is 16.9. The fourth-order valence-corrected chi connectivity index (χ4v) is 2.75. The van der Waals surface area contributed by atoms with Gasteiger partial charge in [0.2, 0.25) is 0 Å². The first-order valence-electron chi connectivity index (χ1n) is 7.76. The van der Waals surface area contributed by atoms with Crippen LogP contribution in [0.1, 0.15) is 43.5 Å². The fourth-order valence-electron chi connectivity index (χ4n) is 2.75. The highest BCUT2D eigenvalue weighted by atomic mass is 16.7. The fraction of sp³-hybridized carbons (Fsp3) is 0.529. The monoisotopic (exact) mass is 321 g/mol. The van der Waals surface area contributed by atoms with Crippen molar-refractivity contribution in [3.63, 3.8) is 0 Å². The van der Waals surface area contributed by atoms with Gasteiger partial charge in [-0.25, -0.2) is 0 Å². The van der Waals surface area contributed by atoms with E-state index in [4.69, 9.17) is 14.6 Å². The van der Waals surface area contributed by atoms with E-state index in [0.29, 0.717) is 24.9 Å². The maximum Gasteiger partial charge on any atom is 0.305 e. The molecule has 1 aromatic carbocycles. The highest BCUT2D eigenvalue weighted by Crippen LogP contribution is 2.29. The summed E-state index contributed by atoms with van der Waals surface area (Å²) >= 11 is 0. The summed E-state index contributed by atoms with van der Waals surface area (Å²) in [5.41, 5.74) is 0.615. The van der Waals surface area contributed by atoms with E-state index in [1.54, 1.807) is 26.0 Å². The van der Waals surface area contributed by atoms with Crippen molar-refractivity contribution in [2.45, 2.75) is 51.1 Å². The molecule has 2 rings (SSSR count). The normalized spacial score (nSPS) is 23.2. The molecule has 1 amide bonds. The maximum atomic E-state index is 12.0. The number of ether oxygens (including phenoxy) is 2. The summed E-state index contributed by atoms with van der Waals surface area (Å²) in [5.74, 6) is -1.82. The molecular formula is C17H23NO5. The molecule has 1 aromatic rings. The van der Waals surface area contributed by atoms with Crippen molar-refractivity contribution in [3.05, 3.63) is 35.9 Å². The molecule has 0 saturated carbocycles. The SMILES string of the molecule is CC1(C)O[C@H](CCNC(=O)c2ccccc2)C[C@H](CC(=O)O)O1. The molecule has 0 aromatic heterocycles. The lowest BCUT2D eigenvalue weighted by atomic mass is 10.0. The van der Waals surface area contributed by atoms with Crippen molar-refractivity contribution in [3.8, 4) is 0 Å². The standard InChI is InChI=1S/C17H23NO5/c1-17(2)22-13(10-14(23-17)11-15(19)20)8-9-18-16(21)12-6-4-3-5-7-12/h3-7,13-14H,8-11H2,1-2H3,(H,18,21)(H,19,20)/t13-,14-/m1/s1. The van der Waals surface area contributed by atoms with Crippen LogP contribution in [0, 0.1) is 0 Å². The minimum Gasteiger partial charge on any atom is -0.481 e. The van der Waals surface area contributed by atoms with Crippen LogP contribution in [-0.2, 0) is 14.3 Å². The van der Waals surface area contributed by atoms with Gasteiger partial charge in [0, 0.05) is 18.5 Å². The molecule has 2 atom stereocenters. The summed E-state index contributed by atoms with van der Waals surface area (Å²) < 4.78 is 11.4. The Balaban J connectivity index is 1.82. The Morgan fingerprint density at radius 2 is 1.87 bits per heavy atom. The second-order valence-electron chi connectivity index (χ2n) is 6.12. The van der Waals surface area contributed by atoms with E-state index >= 15 is 0 Å². The van der Waals surface area contributed by atoms with Gasteiger partial charge in [0.05, 0.1) is 18.6 Å². The van der Waals surface area contributed by atoms with Gasteiger partial charge in [0.15, 0.2) is 5.79 Å². The van der Waals surface area contributed by atoms with E-state index in [1.165, 1.54) is 0 Å². The zero-order valence-corrected chi connectivity index (χ0v) is 13.5. The third kappa shape index (κ3) is 5.65. The van der Waals surface area contributed by atoms with E-state index in [1.807, 2.05) is 18.2 Å². The average Bonchev–Trinajstić information content (AvgIpc) is 2.45. The summed E-state index contributed by atoms with van der Waals surface area (Å²) in [4.78, 5) is 22.8. The van der Waals surface area contributed by atoms with Gasteiger partial charge in [0.1, 0.15) is 0 Å². The molecule has 6 heteroatoms. The molecule has 6 nitrogen and oxygen atoms in total. The molecule has 2 N–H and O–H groups in total. The summed E-state index contributed by atoms with van der Waals surface area (Å²) in [6.45, 7) is 4.02. The number of benzene rings is 1. The summed E-state index contributed by atoms with van der Waals surface area (Å²) in [6.07, 6.45) is 0.572. The zero-order valence-electron chi connectivity index (χ0n) is 13.5. The molecule has 0 radical (unpaired) electrons. The first-order valence-corrected chi connectivity index (χ1v) is 7.76. The second kappa shape index (κ2) is 7.57. The molecule has 1 saturated heterocycles. The molecule has 0 aliphatic carbocycles. The second-order valence-corrected chi connectivity index (χ2v) is 6.12. The van der Waals surface area contributed by atoms with E-state index in [2.05, 4.69) is 5.32 Å². The Hall–Kier alpha value is -1.92. The van der Waals surface area contributed by atoms with Crippen molar-refractivity contribution in [2.24, 2.45) is 0 Å². The smallest absolute Gasteiger partial charge is 0.305 e. The van der Waals surface area contributed by atoms with Gasteiger partial charge in [-0.3, -0.25) is 9.59 Å². The van der Waals surface area contributed by atoms with Crippen LogP contribution in [0.3, 0.4) is 0 Å². The van der Waals surface area contributed by atoms with Gasteiger partial charge in [-0.05, 0) is 32.4 Å². The number of carboxylic acid groups (broad SMARTS) is 1. The molecular weight excluding hydrogens is 298 g/mol. The van der Waals surface area contributed by atoms with Gasteiger partial charge in [-0.15, -0.1) is 0 Å². The Labute approximate surface area is 135 Å². The minimum atomic E-state index is -0.885. The molecule has 1 heterocycles. The van der Waals surface area contributed by atoms with Crippen LogP contribution >= 0.6 is 0 Å². The Morgan fingerprint density at radius 3 is 2.52 bits per heavy atom. The number of hydrogen-bond acceptors (Lipinski definition) is 4. The van der Waals surface area contributed by atoms with Gasteiger partial charge >= 0.3 is 5.97 Å². The Morgan fingerprint density at radius 1 is 1.22 bits per heavy atom. The van der Waals surface area contributed by atoms with Gasteiger partial charge in [0.25, 0.3) is 5.91 Å². The lowest BCUT2D eigenvalue weighted by molar-refractivity contribution is -0.300. The van der Waals surface area contributed by atoms with Crippen LogP contribution in [0.2, 0.25) is 0 Å². The number of aliphatic carboxylic acids is 1. The molecule has 1 fully saturated rings. The number of hydrogen-bond donors (Lipinski definition) is 2. The van der Waals surface area contributed by atoms with E-state index < -0.39 is 11.8 Å². The highest BCUT2D eigenvalue weighted by Gasteiger charge is 2.36. The summed E-state index contributed by atoms with van der Waals surface area (Å²) in [5, 5.41) is 11.8. The molecule has 0 unspecified atom stereocenters. The number of rotatable bonds is 6. The topological polar surface area (TPSA) is 84.9 Å². The largest absolute Gasteiger partial charge is 0.481 e. The van der Waals surface area contributed by atoms with E-state index in [9.17, 15) is 9.59 Å². The quantitative estimate of drug-likeness (QED) is 0.839. The molecule has 0 bridgehead atoms. The van der Waals surface area contributed by atoms with Crippen molar-refractivity contribution in [1.82, 2.24) is 5.32 Å². The maximum absolute atomic E-state index is 12.0. The van der Waals surface area contributed by atoms with Crippen molar-refractivity contribution in [2.75, 3.05) is 6.54 Å². The molecule has 126 valence electrons. The predicted molar refractivity (Wildman–Crippen MR) is 84.1 cm³/mol. The average molecular weight is 321 g/mol. The van der Waals surface area contributed by atoms with Crippen molar-refractivity contribution >= 4 is 11.9 Å². The molecule has 1 aliphatic heterocycles. The minimum absolute atomic E-state index is 0.0420. The Bertz CT molecular complexity index is 543. The molecule has 23 heavy (non-hydrogen) atoms. The first kappa shape index (κ1) is 17.4. The highest BCUT2D eigenvalue weighted by molar-refractivity contribution is 5.94. The van der Waals surface area contributed by atoms with Crippen LogP contribution in [0.4, 0.5) is 0 Å². The third-order valence-corrected chi connectivity index (χ3v) is 3.62.